The lowest BCUT2D eigenvalue weighted by molar-refractivity contribution is 0.00177. The predicted octanol–water partition coefficient (Wildman–Crippen LogP) is 3.63. The van der Waals surface area contributed by atoms with Crippen molar-refractivity contribution in [1.29, 1.82) is 0 Å². The molecule has 0 bridgehead atoms. The Bertz CT molecular complexity index is 347. The van der Waals surface area contributed by atoms with Gasteiger partial charge in [-0.05, 0) is 29.9 Å². The van der Waals surface area contributed by atoms with Crippen LogP contribution in [-0.4, -0.2) is 6.10 Å². The first-order valence-corrected chi connectivity index (χ1v) is 7.21. The largest absolute Gasteiger partial charge is 0.374 e. The van der Waals surface area contributed by atoms with Crippen molar-refractivity contribution in [3.63, 3.8) is 0 Å². The maximum atomic E-state index is 6.04. The van der Waals surface area contributed by atoms with Crippen molar-refractivity contribution >= 4 is 0 Å². The second-order valence-corrected chi connectivity index (χ2v) is 5.39. The number of hydrogen-bond donors (Lipinski definition) is 1. The average Bonchev–Trinajstić information content (AvgIpc) is 2.46. The summed E-state index contributed by atoms with van der Waals surface area (Å²) in [6.45, 7) is 3.65. The topological polar surface area (TPSA) is 35.2 Å². The Kier molecular flexibility index (Phi) is 5.21. The van der Waals surface area contributed by atoms with Gasteiger partial charge in [0.25, 0.3) is 0 Å². The monoisotopic (exact) mass is 247 g/mol. The van der Waals surface area contributed by atoms with Gasteiger partial charge in [-0.1, -0.05) is 50.5 Å². The van der Waals surface area contributed by atoms with E-state index in [4.69, 9.17) is 10.5 Å². The van der Waals surface area contributed by atoms with Crippen molar-refractivity contribution in [3.8, 4) is 0 Å². The molecule has 0 saturated heterocycles. The Morgan fingerprint density at radius 1 is 1.17 bits per heavy atom. The Morgan fingerprint density at radius 2 is 1.89 bits per heavy atom. The van der Waals surface area contributed by atoms with E-state index in [0.717, 1.165) is 12.5 Å². The molecule has 1 aliphatic carbocycles. The molecule has 1 aromatic carbocycles. The van der Waals surface area contributed by atoms with E-state index in [9.17, 15) is 0 Å². The molecular formula is C16H25NO. The SMILES string of the molecule is CCC1CCCC(OCc2ccc(CN)cc2)C1. The van der Waals surface area contributed by atoms with Crippen LogP contribution in [0.25, 0.3) is 0 Å². The van der Waals surface area contributed by atoms with E-state index in [1.54, 1.807) is 0 Å². The highest BCUT2D eigenvalue weighted by Crippen LogP contribution is 2.28. The van der Waals surface area contributed by atoms with Gasteiger partial charge in [-0.2, -0.15) is 0 Å². The van der Waals surface area contributed by atoms with E-state index < -0.39 is 0 Å². The van der Waals surface area contributed by atoms with Crippen molar-refractivity contribution in [2.75, 3.05) is 0 Å². The second-order valence-electron chi connectivity index (χ2n) is 5.39. The van der Waals surface area contributed by atoms with Crippen LogP contribution >= 0.6 is 0 Å². The van der Waals surface area contributed by atoms with E-state index in [2.05, 4.69) is 31.2 Å². The molecule has 1 fully saturated rings. The van der Waals surface area contributed by atoms with E-state index in [-0.39, 0.29) is 0 Å². The number of hydrogen-bond acceptors (Lipinski definition) is 2. The van der Waals surface area contributed by atoms with Gasteiger partial charge in [0.1, 0.15) is 0 Å². The minimum absolute atomic E-state index is 0.470. The molecule has 100 valence electrons. The summed E-state index contributed by atoms with van der Waals surface area (Å²) in [6, 6.07) is 8.44. The summed E-state index contributed by atoms with van der Waals surface area (Å²) in [6.07, 6.45) is 6.97. The lowest BCUT2D eigenvalue weighted by atomic mass is 9.85. The summed E-state index contributed by atoms with van der Waals surface area (Å²) in [5.74, 6) is 0.878. The molecule has 0 spiro atoms. The van der Waals surface area contributed by atoms with Gasteiger partial charge in [0.15, 0.2) is 0 Å². The zero-order valence-corrected chi connectivity index (χ0v) is 11.4. The van der Waals surface area contributed by atoms with Crippen LogP contribution in [0, 0.1) is 5.92 Å². The highest BCUT2D eigenvalue weighted by atomic mass is 16.5. The Hall–Kier alpha value is -0.860. The minimum atomic E-state index is 0.470. The molecule has 0 aromatic heterocycles. The first-order chi connectivity index (χ1) is 8.81. The van der Waals surface area contributed by atoms with Gasteiger partial charge in [-0.25, -0.2) is 0 Å². The Labute approximate surface area is 111 Å². The van der Waals surface area contributed by atoms with Crippen LogP contribution in [0.1, 0.15) is 50.2 Å². The quantitative estimate of drug-likeness (QED) is 0.862. The molecule has 0 heterocycles. The molecular weight excluding hydrogens is 222 g/mol. The van der Waals surface area contributed by atoms with Crippen LogP contribution in [-0.2, 0) is 17.9 Å². The molecule has 2 atom stereocenters. The average molecular weight is 247 g/mol. The maximum Gasteiger partial charge on any atom is 0.0720 e. The summed E-state index contributed by atoms with van der Waals surface area (Å²) >= 11 is 0. The van der Waals surface area contributed by atoms with Crippen LogP contribution in [0.2, 0.25) is 0 Å². The van der Waals surface area contributed by atoms with Gasteiger partial charge < -0.3 is 10.5 Å². The van der Waals surface area contributed by atoms with Crippen molar-refractivity contribution < 1.29 is 4.74 Å². The smallest absolute Gasteiger partial charge is 0.0720 e. The molecule has 1 aliphatic rings. The van der Waals surface area contributed by atoms with E-state index in [1.165, 1.54) is 43.2 Å². The predicted molar refractivity (Wildman–Crippen MR) is 75.2 cm³/mol. The third-order valence-electron chi connectivity index (χ3n) is 4.06. The molecule has 2 heteroatoms. The lowest BCUT2D eigenvalue weighted by Crippen LogP contribution is -2.22. The van der Waals surface area contributed by atoms with Crippen LogP contribution in [0.15, 0.2) is 24.3 Å². The normalized spacial score (nSPS) is 24.1. The molecule has 2 N–H and O–H groups in total. The number of nitrogens with two attached hydrogens (primary N) is 1. The number of rotatable bonds is 5. The third-order valence-corrected chi connectivity index (χ3v) is 4.06. The maximum absolute atomic E-state index is 6.04. The highest BCUT2D eigenvalue weighted by Gasteiger charge is 2.20. The molecule has 0 radical (unpaired) electrons. The summed E-state index contributed by atoms with van der Waals surface area (Å²) < 4.78 is 6.04. The molecule has 0 aliphatic heterocycles. The van der Waals surface area contributed by atoms with E-state index >= 15 is 0 Å². The van der Waals surface area contributed by atoms with Gasteiger partial charge in [-0.15, -0.1) is 0 Å². The molecule has 2 unspecified atom stereocenters. The fourth-order valence-electron chi connectivity index (χ4n) is 2.75. The Balaban J connectivity index is 1.79. The number of benzene rings is 1. The summed E-state index contributed by atoms with van der Waals surface area (Å²) in [5, 5.41) is 0. The van der Waals surface area contributed by atoms with Crippen molar-refractivity contribution in [2.45, 2.75) is 58.3 Å². The molecule has 0 amide bonds. The van der Waals surface area contributed by atoms with Crippen LogP contribution < -0.4 is 5.73 Å². The van der Waals surface area contributed by atoms with Gasteiger partial charge in [-0.3, -0.25) is 0 Å². The standard InChI is InChI=1S/C16H25NO/c1-2-13-4-3-5-16(10-13)18-12-15-8-6-14(11-17)7-9-15/h6-9,13,16H,2-5,10-12,17H2,1H3. The van der Waals surface area contributed by atoms with Crippen molar-refractivity contribution in [1.82, 2.24) is 0 Å². The Morgan fingerprint density at radius 3 is 2.56 bits per heavy atom. The van der Waals surface area contributed by atoms with Gasteiger partial charge >= 0.3 is 0 Å². The molecule has 2 rings (SSSR count). The van der Waals surface area contributed by atoms with Gasteiger partial charge in [0.05, 0.1) is 12.7 Å². The summed E-state index contributed by atoms with van der Waals surface area (Å²) in [4.78, 5) is 0. The first-order valence-electron chi connectivity index (χ1n) is 7.21. The molecule has 1 aromatic rings. The fraction of sp³-hybridized carbons (Fsp3) is 0.625. The molecule has 18 heavy (non-hydrogen) atoms. The van der Waals surface area contributed by atoms with Crippen molar-refractivity contribution in [2.24, 2.45) is 11.7 Å². The zero-order valence-electron chi connectivity index (χ0n) is 11.4. The van der Waals surface area contributed by atoms with Crippen molar-refractivity contribution in [3.05, 3.63) is 35.4 Å². The van der Waals surface area contributed by atoms with Crippen LogP contribution in [0.3, 0.4) is 0 Å². The zero-order chi connectivity index (χ0) is 12.8. The third kappa shape index (κ3) is 3.82. The van der Waals surface area contributed by atoms with Crippen LogP contribution in [0.5, 0.6) is 0 Å². The van der Waals surface area contributed by atoms with Crippen LogP contribution in [0.4, 0.5) is 0 Å². The van der Waals surface area contributed by atoms with E-state index in [0.29, 0.717) is 12.6 Å². The summed E-state index contributed by atoms with van der Waals surface area (Å²) in [7, 11) is 0. The van der Waals surface area contributed by atoms with E-state index in [1.807, 2.05) is 0 Å². The highest BCUT2D eigenvalue weighted by molar-refractivity contribution is 5.21. The first kappa shape index (κ1) is 13.6. The van der Waals surface area contributed by atoms with Gasteiger partial charge in [0.2, 0.25) is 0 Å². The number of ether oxygens (including phenoxy) is 1. The van der Waals surface area contributed by atoms with Gasteiger partial charge in [0, 0.05) is 6.54 Å². The minimum Gasteiger partial charge on any atom is -0.374 e. The molecule has 2 nitrogen and oxygen atoms in total. The lowest BCUT2D eigenvalue weighted by Gasteiger charge is -2.28. The fourth-order valence-corrected chi connectivity index (χ4v) is 2.75. The molecule has 1 saturated carbocycles. The summed E-state index contributed by atoms with van der Waals surface area (Å²) in [5.41, 5.74) is 8.03. The second kappa shape index (κ2) is 6.91.